The molecule has 0 fully saturated rings. The summed E-state index contributed by atoms with van der Waals surface area (Å²) in [6, 6.07) is 8.78. The first kappa shape index (κ1) is 19.0. The van der Waals surface area contributed by atoms with Crippen LogP contribution in [0.2, 0.25) is 0 Å². The Morgan fingerprint density at radius 2 is 1.48 bits per heavy atom. The maximum atomic E-state index is 2.44. The summed E-state index contributed by atoms with van der Waals surface area (Å²) in [4.78, 5) is 1.39. The van der Waals surface area contributed by atoms with Crippen molar-refractivity contribution in [2.24, 2.45) is 0 Å². The Labute approximate surface area is 166 Å². The van der Waals surface area contributed by atoms with Crippen LogP contribution in [0.1, 0.15) is 30.1 Å². The summed E-state index contributed by atoms with van der Waals surface area (Å²) in [6.07, 6.45) is 0. The van der Waals surface area contributed by atoms with E-state index in [4.69, 9.17) is 0 Å². The molecule has 0 aliphatic rings. The highest BCUT2D eigenvalue weighted by Crippen LogP contribution is 2.29. The molecule has 132 valence electrons. The molecule has 3 rings (SSSR count). The molecule has 0 aliphatic heterocycles. The van der Waals surface area contributed by atoms with Crippen molar-refractivity contribution in [1.29, 1.82) is 0 Å². The predicted octanol–water partition coefficient (Wildman–Crippen LogP) is 5.51. The summed E-state index contributed by atoms with van der Waals surface area (Å²) in [6.45, 7) is 11.1. The van der Waals surface area contributed by atoms with Gasteiger partial charge in [0, 0.05) is 37.5 Å². The summed E-state index contributed by atoms with van der Waals surface area (Å²) < 4.78 is 7.56. The van der Waals surface area contributed by atoms with Crippen LogP contribution in [0.3, 0.4) is 0 Å². The number of hydrogen-bond donors (Lipinski definition) is 0. The van der Waals surface area contributed by atoms with Crippen molar-refractivity contribution in [3.63, 3.8) is 0 Å². The summed E-state index contributed by atoms with van der Waals surface area (Å²) in [7, 11) is 0. The topological polar surface area (TPSA) is 7.76 Å². The summed E-state index contributed by atoms with van der Waals surface area (Å²) in [5, 5.41) is 2.26. The molecule has 0 aliphatic carbocycles. The van der Waals surface area contributed by atoms with E-state index in [0.717, 1.165) is 11.5 Å². The van der Waals surface area contributed by atoms with Gasteiger partial charge in [0.2, 0.25) is 0 Å². The molecule has 2 heterocycles. The number of aromatic nitrogens is 2. The molecule has 0 saturated carbocycles. The van der Waals surface area contributed by atoms with Crippen molar-refractivity contribution >= 4 is 46.2 Å². The van der Waals surface area contributed by atoms with Crippen molar-refractivity contribution in [3.8, 4) is 11.4 Å². The third kappa shape index (κ3) is 3.68. The van der Waals surface area contributed by atoms with Crippen molar-refractivity contribution in [3.05, 3.63) is 45.9 Å². The Hall–Kier alpha value is -0.820. The standard InChI is InChI=1S/C19H24N2S4/c1-6-22-18-20(13(3)12-24-18)16-10-8-9-11-17(16)21-14(4)15(5)25-19(21)23-7-2/h8-12H,6-7H2,1-5H3/q+2. The highest BCUT2D eigenvalue weighted by Gasteiger charge is 2.32. The molecule has 2 nitrogen and oxygen atoms in total. The number of thiazole rings is 2. The number of hydrogen-bond acceptors (Lipinski definition) is 4. The lowest BCUT2D eigenvalue weighted by atomic mass is 10.2. The Morgan fingerprint density at radius 1 is 0.880 bits per heavy atom. The van der Waals surface area contributed by atoms with E-state index in [0.29, 0.717) is 0 Å². The van der Waals surface area contributed by atoms with Gasteiger partial charge in [-0.05, 0) is 30.4 Å². The van der Waals surface area contributed by atoms with Crippen LogP contribution in [-0.4, -0.2) is 11.5 Å². The second kappa shape index (κ2) is 8.25. The molecule has 25 heavy (non-hydrogen) atoms. The van der Waals surface area contributed by atoms with Crippen LogP contribution >= 0.6 is 46.2 Å². The largest absolute Gasteiger partial charge is 0.303 e. The van der Waals surface area contributed by atoms with Crippen LogP contribution in [0.15, 0.2) is 38.3 Å². The molecule has 1 aromatic carbocycles. The van der Waals surface area contributed by atoms with E-state index in [2.05, 4.69) is 73.4 Å². The highest BCUT2D eigenvalue weighted by molar-refractivity contribution is 8.01. The first-order valence-electron chi connectivity index (χ1n) is 8.46. The van der Waals surface area contributed by atoms with E-state index in [-0.39, 0.29) is 0 Å². The molecular formula is C19H24N2S4+2. The Bertz CT molecular complexity index is 880. The maximum Gasteiger partial charge on any atom is 0.303 e. The SMILES string of the molecule is CCSc1scc(C)[n+]1-c1ccccc1-[n+]1c(SCC)sc(C)c1C. The highest BCUT2D eigenvalue weighted by atomic mass is 32.2. The van der Waals surface area contributed by atoms with E-state index < -0.39 is 0 Å². The minimum absolute atomic E-state index is 1.09. The molecule has 0 atom stereocenters. The number of benzene rings is 1. The molecule has 0 radical (unpaired) electrons. The molecule has 3 aromatic rings. The average Bonchev–Trinajstić information content (AvgIpc) is 3.09. The summed E-state index contributed by atoms with van der Waals surface area (Å²) in [5.41, 5.74) is 5.17. The lowest BCUT2D eigenvalue weighted by molar-refractivity contribution is -0.671. The second-order valence-corrected chi connectivity index (χ2v) is 10.8. The molecule has 2 aromatic heterocycles. The van der Waals surface area contributed by atoms with Gasteiger partial charge >= 0.3 is 8.68 Å². The monoisotopic (exact) mass is 408 g/mol. The van der Waals surface area contributed by atoms with E-state index in [9.17, 15) is 0 Å². The first-order chi connectivity index (χ1) is 12.1. The van der Waals surface area contributed by atoms with Crippen molar-refractivity contribution in [2.45, 2.75) is 43.3 Å². The summed E-state index contributed by atoms with van der Waals surface area (Å²) >= 11 is 7.58. The van der Waals surface area contributed by atoms with E-state index >= 15 is 0 Å². The van der Waals surface area contributed by atoms with Crippen LogP contribution in [0, 0.1) is 20.8 Å². The fraction of sp³-hybridized carbons (Fsp3) is 0.368. The maximum absolute atomic E-state index is 2.44. The minimum Gasteiger partial charge on any atom is -0.136 e. The first-order valence-corrected chi connectivity index (χ1v) is 12.1. The Balaban J connectivity index is 2.24. The van der Waals surface area contributed by atoms with Crippen molar-refractivity contribution in [2.75, 3.05) is 11.5 Å². The van der Waals surface area contributed by atoms with E-state index in [1.165, 1.54) is 36.3 Å². The lowest BCUT2D eigenvalue weighted by Crippen LogP contribution is -2.42. The van der Waals surface area contributed by atoms with Gasteiger partial charge in [-0.25, -0.2) is 0 Å². The average molecular weight is 409 g/mol. The second-order valence-electron chi connectivity index (χ2n) is 5.68. The fourth-order valence-corrected chi connectivity index (χ4v) is 7.30. The lowest BCUT2D eigenvalue weighted by Gasteiger charge is -2.03. The predicted molar refractivity (Wildman–Crippen MR) is 112 cm³/mol. The van der Waals surface area contributed by atoms with Crippen LogP contribution < -0.4 is 9.13 Å². The van der Waals surface area contributed by atoms with Gasteiger partial charge in [-0.15, -0.1) is 9.13 Å². The van der Waals surface area contributed by atoms with Crippen LogP contribution in [0.4, 0.5) is 0 Å². The van der Waals surface area contributed by atoms with E-state index in [1.54, 1.807) is 0 Å². The van der Waals surface area contributed by atoms with Crippen molar-refractivity contribution < 1.29 is 9.13 Å². The number of thioether (sulfide) groups is 2. The smallest absolute Gasteiger partial charge is 0.136 e. The van der Waals surface area contributed by atoms with E-state index in [1.807, 2.05) is 46.2 Å². The van der Waals surface area contributed by atoms with Gasteiger partial charge in [0.15, 0.2) is 11.4 Å². The normalized spacial score (nSPS) is 11.2. The number of para-hydroxylation sites is 2. The number of aryl methyl sites for hydroxylation is 2. The zero-order valence-corrected chi connectivity index (χ0v) is 18.6. The van der Waals surface area contributed by atoms with Crippen LogP contribution in [0.25, 0.3) is 11.4 Å². The molecule has 0 unspecified atom stereocenters. The summed E-state index contributed by atoms with van der Waals surface area (Å²) in [5.74, 6) is 2.17. The zero-order valence-electron chi connectivity index (χ0n) is 15.3. The fourth-order valence-electron chi connectivity index (χ4n) is 2.78. The number of rotatable bonds is 6. The van der Waals surface area contributed by atoms with Gasteiger partial charge in [-0.2, -0.15) is 0 Å². The van der Waals surface area contributed by atoms with Gasteiger partial charge < -0.3 is 0 Å². The van der Waals surface area contributed by atoms with Gasteiger partial charge in [-0.3, -0.25) is 0 Å². The molecule has 0 bridgehead atoms. The molecule has 0 N–H and O–H groups in total. The zero-order chi connectivity index (χ0) is 18.0. The Morgan fingerprint density at radius 3 is 2.12 bits per heavy atom. The molecule has 6 heteroatoms. The molecule has 0 saturated heterocycles. The third-order valence-corrected chi connectivity index (χ3v) is 8.52. The van der Waals surface area contributed by atoms with Gasteiger partial charge in [0.05, 0.1) is 10.3 Å². The molecule has 0 amide bonds. The number of nitrogens with zero attached hydrogens (tertiary/aromatic N) is 2. The quantitative estimate of drug-likeness (QED) is 0.392. The van der Waals surface area contributed by atoms with Crippen LogP contribution in [0.5, 0.6) is 0 Å². The molecule has 0 spiro atoms. The Kier molecular flexibility index (Phi) is 6.25. The van der Waals surface area contributed by atoms with Crippen LogP contribution in [-0.2, 0) is 0 Å². The van der Waals surface area contributed by atoms with Gasteiger partial charge in [0.25, 0.3) is 11.4 Å². The molecular weight excluding hydrogens is 384 g/mol. The van der Waals surface area contributed by atoms with Gasteiger partial charge in [0.1, 0.15) is 0 Å². The van der Waals surface area contributed by atoms with Crippen molar-refractivity contribution in [1.82, 2.24) is 0 Å². The van der Waals surface area contributed by atoms with Gasteiger partial charge in [-0.1, -0.05) is 48.7 Å². The minimum atomic E-state index is 1.09. The third-order valence-electron chi connectivity index (χ3n) is 4.03.